The van der Waals surface area contributed by atoms with Crippen molar-refractivity contribution in [2.75, 3.05) is 22.6 Å². The van der Waals surface area contributed by atoms with Crippen LogP contribution in [0.3, 0.4) is 0 Å². The van der Waals surface area contributed by atoms with Crippen LogP contribution in [0.4, 0.5) is 11.4 Å². The summed E-state index contributed by atoms with van der Waals surface area (Å²) >= 11 is 0. The first-order valence-corrected chi connectivity index (χ1v) is 7.36. The number of hydrogen-bond donors (Lipinski definition) is 3. The van der Waals surface area contributed by atoms with Crippen LogP contribution >= 0.6 is 0 Å². The Labute approximate surface area is 108 Å². The van der Waals surface area contributed by atoms with E-state index in [9.17, 15) is 9.00 Å². The second kappa shape index (κ2) is 5.39. The predicted octanol–water partition coefficient (Wildman–Crippen LogP) is 0.691. The van der Waals surface area contributed by atoms with Crippen LogP contribution in [0.25, 0.3) is 0 Å². The van der Waals surface area contributed by atoms with Gasteiger partial charge in [-0.3, -0.25) is 9.00 Å². The average Bonchev–Trinajstić information content (AvgIpc) is 2.34. The summed E-state index contributed by atoms with van der Waals surface area (Å²) in [7, 11) is -0.668. The number of carbonyl (C=O) groups excluding carboxylic acids is 1. The molecule has 0 atom stereocenters. The van der Waals surface area contributed by atoms with E-state index < -0.39 is 16.7 Å². The zero-order valence-corrected chi connectivity index (χ0v) is 10.8. The number of nitrogens with two attached hydrogens (primary N) is 2. The first-order chi connectivity index (χ1) is 8.56. The van der Waals surface area contributed by atoms with Crippen LogP contribution in [0.5, 0.6) is 0 Å². The standard InChI is InChI=1S/C12H17N3O2S/c13-11-2-1-9(7-10(11)12(14)16)15-8-3-5-18(17)6-4-8/h1-2,7-8,15H,3-6,13H2,(H2,14,16). The number of rotatable bonds is 3. The summed E-state index contributed by atoms with van der Waals surface area (Å²) in [5, 5.41) is 3.33. The number of nitrogen functional groups attached to an aromatic ring is 1. The van der Waals surface area contributed by atoms with Gasteiger partial charge < -0.3 is 16.8 Å². The summed E-state index contributed by atoms with van der Waals surface area (Å²) < 4.78 is 11.3. The largest absolute Gasteiger partial charge is 0.398 e. The minimum Gasteiger partial charge on any atom is -0.398 e. The van der Waals surface area contributed by atoms with E-state index in [0.29, 0.717) is 17.3 Å². The van der Waals surface area contributed by atoms with Crippen LogP contribution in [-0.4, -0.2) is 27.7 Å². The Bertz CT molecular complexity index is 480. The van der Waals surface area contributed by atoms with Gasteiger partial charge in [-0.25, -0.2) is 0 Å². The monoisotopic (exact) mass is 267 g/mol. The van der Waals surface area contributed by atoms with Crippen molar-refractivity contribution in [3.05, 3.63) is 23.8 Å². The minimum atomic E-state index is -0.668. The van der Waals surface area contributed by atoms with Gasteiger partial charge >= 0.3 is 0 Å². The minimum absolute atomic E-state index is 0.298. The van der Waals surface area contributed by atoms with Crippen LogP contribution in [0.1, 0.15) is 23.2 Å². The molecule has 0 radical (unpaired) electrons. The Hall–Kier alpha value is -1.56. The van der Waals surface area contributed by atoms with E-state index in [1.54, 1.807) is 12.1 Å². The van der Waals surface area contributed by atoms with Gasteiger partial charge in [0, 0.05) is 39.7 Å². The third-order valence-corrected chi connectivity index (χ3v) is 4.46. The number of amides is 1. The molecule has 0 spiro atoms. The van der Waals surface area contributed by atoms with Crippen molar-refractivity contribution in [1.29, 1.82) is 0 Å². The van der Waals surface area contributed by atoms with Crippen molar-refractivity contribution in [2.45, 2.75) is 18.9 Å². The molecule has 5 nitrogen and oxygen atoms in total. The molecule has 6 heteroatoms. The second-order valence-electron chi connectivity index (χ2n) is 4.43. The van der Waals surface area contributed by atoms with Crippen molar-refractivity contribution >= 4 is 28.1 Å². The zero-order valence-electron chi connectivity index (χ0n) is 10.0. The Morgan fingerprint density at radius 1 is 1.33 bits per heavy atom. The maximum Gasteiger partial charge on any atom is 0.250 e. The van der Waals surface area contributed by atoms with Crippen molar-refractivity contribution in [3.8, 4) is 0 Å². The Balaban J connectivity index is 2.07. The first kappa shape index (κ1) is 12.9. The highest BCUT2D eigenvalue weighted by molar-refractivity contribution is 7.85. The number of carbonyl (C=O) groups is 1. The highest BCUT2D eigenvalue weighted by atomic mass is 32.2. The summed E-state index contributed by atoms with van der Waals surface area (Å²) in [5.41, 5.74) is 12.5. The quantitative estimate of drug-likeness (QED) is 0.702. The van der Waals surface area contributed by atoms with Crippen LogP contribution in [-0.2, 0) is 10.8 Å². The highest BCUT2D eigenvalue weighted by Gasteiger charge is 2.18. The number of primary amides is 1. The molecule has 0 aromatic heterocycles. The topological polar surface area (TPSA) is 98.2 Å². The number of hydrogen-bond acceptors (Lipinski definition) is 4. The summed E-state index contributed by atoms with van der Waals surface area (Å²) in [6, 6.07) is 5.46. The van der Waals surface area contributed by atoms with E-state index in [-0.39, 0.29) is 0 Å². The fourth-order valence-corrected chi connectivity index (χ4v) is 3.33. The molecule has 1 aromatic rings. The highest BCUT2D eigenvalue weighted by Crippen LogP contribution is 2.20. The van der Waals surface area contributed by atoms with Crippen LogP contribution in [0, 0.1) is 0 Å². The molecule has 1 aliphatic heterocycles. The van der Waals surface area contributed by atoms with Crippen LogP contribution in [0.2, 0.25) is 0 Å². The average molecular weight is 267 g/mol. The van der Waals surface area contributed by atoms with Crippen molar-refractivity contribution in [1.82, 2.24) is 0 Å². The van der Waals surface area contributed by atoms with E-state index in [1.165, 1.54) is 0 Å². The van der Waals surface area contributed by atoms with Gasteiger partial charge in [0.05, 0.1) is 5.56 Å². The number of benzene rings is 1. The molecule has 2 rings (SSSR count). The SMILES string of the molecule is NC(=O)c1cc(NC2CCS(=O)CC2)ccc1N. The molecule has 0 saturated carbocycles. The molecule has 1 heterocycles. The maximum absolute atomic E-state index is 11.3. The van der Waals surface area contributed by atoms with Gasteiger partial charge in [-0.2, -0.15) is 0 Å². The molecule has 1 fully saturated rings. The Kier molecular flexibility index (Phi) is 3.86. The van der Waals surface area contributed by atoms with Crippen LogP contribution in [0.15, 0.2) is 18.2 Å². The summed E-state index contributed by atoms with van der Waals surface area (Å²) in [4.78, 5) is 11.2. The van der Waals surface area contributed by atoms with E-state index in [1.807, 2.05) is 6.07 Å². The van der Waals surface area contributed by atoms with Gasteiger partial charge in [0.15, 0.2) is 0 Å². The molecule has 1 aromatic carbocycles. The number of anilines is 2. The lowest BCUT2D eigenvalue weighted by molar-refractivity contribution is 0.100. The fourth-order valence-electron chi connectivity index (χ4n) is 2.03. The molecule has 1 amide bonds. The molecule has 1 saturated heterocycles. The third kappa shape index (κ3) is 3.01. The molecule has 98 valence electrons. The van der Waals surface area contributed by atoms with Gasteiger partial charge in [0.25, 0.3) is 5.91 Å². The summed E-state index contributed by atoms with van der Waals surface area (Å²) in [6.45, 7) is 0. The lowest BCUT2D eigenvalue weighted by atomic mass is 10.1. The molecular formula is C12H17N3O2S. The molecule has 0 unspecified atom stereocenters. The van der Waals surface area contributed by atoms with Crippen LogP contribution < -0.4 is 16.8 Å². The predicted molar refractivity (Wildman–Crippen MR) is 73.9 cm³/mol. The third-order valence-electron chi connectivity index (χ3n) is 3.08. The number of nitrogens with one attached hydrogen (secondary N) is 1. The summed E-state index contributed by atoms with van der Waals surface area (Å²) in [6.07, 6.45) is 1.76. The van der Waals surface area contributed by atoms with Gasteiger partial charge in [-0.05, 0) is 31.0 Å². The Morgan fingerprint density at radius 3 is 2.61 bits per heavy atom. The van der Waals surface area contributed by atoms with E-state index in [2.05, 4.69) is 5.32 Å². The maximum atomic E-state index is 11.3. The van der Waals surface area contributed by atoms with Gasteiger partial charge in [0.1, 0.15) is 0 Å². The van der Waals surface area contributed by atoms with Gasteiger partial charge in [0.2, 0.25) is 0 Å². The van der Waals surface area contributed by atoms with E-state index in [0.717, 1.165) is 30.0 Å². The Morgan fingerprint density at radius 2 is 2.00 bits per heavy atom. The van der Waals surface area contributed by atoms with E-state index in [4.69, 9.17) is 11.5 Å². The molecule has 1 aliphatic rings. The zero-order chi connectivity index (χ0) is 13.1. The molecular weight excluding hydrogens is 250 g/mol. The molecule has 18 heavy (non-hydrogen) atoms. The van der Waals surface area contributed by atoms with Crippen molar-refractivity contribution < 1.29 is 9.00 Å². The lowest BCUT2D eigenvalue weighted by Crippen LogP contribution is -2.29. The normalized spacial score (nSPS) is 23.6. The van der Waals surface area contributed by atoms with Crippen molar-refractivity contribution in [3.63, 3.8) is 0 Å². The van der Waals surface area contributed by atoms with Crippen molar-refractivity contribution in [2.24, 2.45) is 5.73 Å². The van der Waals surface area contributed by atoms with Gasteiger partial charge in [-0.15, -0.1) is 0 Å². The summed E-state index contributed by atoms with van der Waals surface area (Å²) in [5.74, 6) is 0.936. The second-order valence-corrected chi connectivity index (χ2v) is 6.13. The fraction of sp³-hybridized carbons (Fsp3) is 0.417. The van der Waals surface area contributed by atoms with Gasteiger partial charge in [-0.1, -0.05) is 0 Å². The van der Waals surface area contributed by atoms with E-state index >= 15 is 0 Å². The lowest BCUT2D eigenvalue weighted by Gasteiger charge is -2.23. The molecule has 5 N–H and O–H groups in total. The smallest absolute Gasteiger partial charge is 0.250 e. The molecule has 0 aliphatic carbocycles. The first-order valence-electron chi connectivity index (χ1n) is 5.87. The molecule has 0 bridgehead atoms.